The lowest BCUT2D eigenvalue weighted by atomic mass is 10.1. The van der Waals surface area contributed by atoms with E-state index in [0.29, 0.717) is 39.1 Å². The van der Waals surface area contributed by atoms with E-state index in [1.807, 2.05) is 0 Å². The van der Waals surface area contributed by atoms with Gasteiger partial charge in [-0.2, -0.15) is 0 Å². The molecule has 1 N–H and O–H groups in total. The molecule has 1 aliphatic rings. The van der Waals surface area contributed by atoms with Gasteiger partial charge in [0.2, 0.25) is 0 Å². The Bertz CT molecular complexity index is 1360. The molecule has 1 fully saturated rings. The van der Waals surface area contributed by atoms with E-state index < -0.39 is 0 Å². The Balaban J connectivity index is 1.45. The van der Waals surface area contributed by atoms with E-state index in [0.717, 1.165) is 37.1 Å². The Kier molecular flexibility index (Phi) is 6.06. The largest absolute Gasteiger partial charge is 0.369 e. The van der Waals surface area contributed by atoms with Gasteiger partial charge < -0.3 is 10.2 Å². The Labute approximate surface area is 201 Å². The predicted octanol–water partition coefficient (Wildman–Crippen LogP) is 4.30. The second kappa shape index (κ2) is 9.14. The van der Waals surface area contributed by atoms with Gasteiger partial charge in [-0.3, -0.25) is 9.36 Å². The minimum Gasteiger partial charge on any atom is -0.369 e. The van der Waals surface area contributed by atoms with Crippen LogP contribution in [-0.4, -0.2) is 40.7 Å². The van der Waals surface area contributed by atoms with Crippen LogP contribution in [-0.2, 0) is 13.5 Å². The highest BCUT2D eigenvalue weighted by molar-refractivity contribution is 6.39. The molecule has 2 aromatic carbocycles. The number of hydrogen-bond acceptors (Lipinski definition) is 5. The highest BCUT2D eigenvalue weighted by atomic mass is 35.5. The molecule has 0 atom stereocenters. The van der Waals surface area contributed by atoms with Gasteiger partial charge in [-0.15, -0.1) is 0 Å². The molecule has 1 aliphatic heterocycles. The molecule has 0 spiro atoms. The molecular formula is C25H23Cl2N5O. The number of nitrogens with one attached hydrogen (secondary N) is 1. The molecule has 0 saturated carbocycles. The van der Waals surface area contributed by atoms with Crippen molar-refractivity contribution < 1.29 is 0 Å². The van der Waals surface area contributed by atoms with E-state index >= 15 is 0 Å². The Hall–Kier alpha value is -2.93. The molecule has 168 valence electrons. The van der Waals surface area contributed by atoms with Crippen molar-refractivity contribution in [2.45, 2.75) is 6.42 Å². The summed E-state index contributed by atoms with van der Waals surface area (Å²) >= 11 is 12.7. The van der Waals surface area contributed by atoms with Gasteiger partial charge in [-0.05, 0) is 35.9 Å². The summed E-state index contributed by atoms with van der Waals surface area (Å²) in [4.78, 5) is 24.7. The van der Waals surface area contributed by atoms with Gasteiger partial charge in [0.15, 0.2) is 0 Å². The third-order valence-electron chi connectivity index (χ3n) is 6.01. The first-order valence-electron chi connectivity index (χ1n) is 10.9. The SMILES string of the molecule is Cn1c(=O)c(-c2c(Cl)cccc2Cl)cc2cnc(Cc3ccc(N4CCNCC4)cc3)nc21. The molecule has 6 nitrogen and oxygen atoms in total. The van der Waals surface area contributed by atoms with E-state index in [9.17, 15) is 4.79 Å². The second-order valence-electron chi connectivity index (χ2n) is 8.16. The van der Waals surface area contributed by atoms with E-state index in [-0.39, 0.29) is 5.56 Å². The fraction of sp³-hybridized carbons (Fsp3) is 0.240. The van der Waals surface area contributed by atoms with Gasteiger partial charge in [-0.25, -0.2) is 9.97 Å². The second-order valence-corrected chi connectivity index (χ2v) is 8.98. The van der Waals surface area contributed by atoms with Gasteiger partial charge in [0.1, 0.15) is 11.5 Å². The first-order chi connectivity index (χ1) is 16.0. The van der Waals surface area contributed by atoms with Crippen LogP contribution >= 0.6 is 23.2 Å². The molecule has 0 aliphatic carbocycles. The van der Waals surface area contributed by atoms with Crippen LogP contribution in [0.1, 0.15) is 11.4 Å². The maximum absolute atomic E-state index is 13.1. The summed E-state index contributed by atoms with van der Waals surface area (Å²) in [5, 5.41) is 4.99. The zero-order valence-electron chi connectivity index (χ0n) is 18.2. The highest BCUT2D eigenvalue weighted by Crippen LogP contribution is 2.33. The van der Waals surface area contributed by atoms with E-state index in [2.05, 4.69) is 44.5 Å². The normalized spacial score (nSPS) is 14.1. The molecular weight excluding hydrogens is 457 g/mol. The maximum atomic E-state index is 13.1. The molecule has 4 aromatic rings. The topological polar surface area (TPSA) is 63.1 Å². The fourth-order valence-corrected chi connectivity index (χ4v) is 4.83. The monoisotopic (exact) mass is 479 g/mol. The summed E-state index contributed by atoms with van der Waals surface area (Å²) in [5.41, 5.74) is 3.68. The van der Waals surface area contributed by atoms with Crippen LogP contribution in [0.25, 0.3) is 22.2 Å². The number of halogens is 2. The van der Waals surface area contributed by atoms with Gasteiger partial charge in [0, 0.05) is 62.5 Å². The quantitative estimate of drug-likeness (QED) is 0.472. The lowest BCUT2D eigenvalue weighted by molar-refractivity contribution is 0.589. The number of nitrogens with zero attached hydrogens (tertiary/aromatic N) is 4. The lowest BCUT2D eigenvalue weighted by Gasteiger charge is -2.29. The average molecular weight is 480 g/mol. The average Bonchev–Trinajstić information content (AvgIpc) is 2.83. The Morgan fingerprint density at radius 3 is 2.42 bits per heavy atom. The number of rotatable bonds is 4. The van der Waals surface area contributed by atoms with E-state index in [4.69, 9.17) is 23.2 Å². The van der Waals surface area contributed by atoms with Crippen LogP contribution in [0.5, 0.6) is 0 Å². The standard InChI is InChI=1S/C25H23Cl2N5O/c1-31-24-17(14-19(25(31)33)23-20(26)3-2-4-21(23)27)15-29-22(30-24)13-16-5-7-18(8-6-16)32-11-9-28-10-12-32/h2-8,14-15,28H,9-13H2,1H3. The van der Waals surface area contributed by atoms with Crippen molar-refractivity contribution in [2.24, 2.45) is 7.05 Å². The summed E-state index contributed by atoms with van der Waals surface area (Å²) in [7, 11) is 1.71. The van der Waals surface area contributed by atoms with Gasteiger partial charge >= 0.3 is 0 Å². The van der Waals surface area contributed by atoms with E-state index in [1.54, 1.807) is 37.5 Å². The number of benzene rings is 2. The summed E-state index contributed by atoms with van der Waals surface area (Å²) in [6, 6.07) is 15.5. The van der Waals surface area contributed by atoms with Gasteiger partial charge in [-0.1, -0.05) is 41.4 Å². The molecule has 0 radical (unpaired) electrons. The molecule has 0 bridgehead atoms. The maximum Gasteiger partial charge on any atom is 0.259 e. The first-order valence-corrected chi connectivity index (χ1v) is 11.6. The zero-order valence-corrected chi connectivity index (χ0v) is 19.7. The number of anilines is 1. The smallest absolute Gasteiger partial charge is 0.259 e. The molecule has 1 saturated heterocycles. The van der Waals surface area contributed by atoms with Gasteiger partial charge in [0.05, 0.1) is 15.6 Å². The minimum absolute atomic E-state index is 0.206. The van der Waals surface area contributed by atoms with E-state index in [1.165, 1.54) is 10.3 Å². The molecule has 3 heterocycles. The molecule has 8 heteroatoms. The summed E-state index contributed by atoms with van der Waals surface area (Å²) < 4.78 is 1.53. The summed E-state index contributed by atoms with van der Waals surface area (Å²) in [6.07, 6.45) is 2.34. The van der Waals surface area contributed by atoms with Crippen molar-refractivity contribution in [3.63, 3.8) is 0 Å². The van der Waals surface area contributed by atoms with Crippen LogP contribution < -0.4 is 15.8 Å². The highest BCUT2D eigenvalue weighted by Gasteiger charge is 2.16. The van der Waals surface area contributed by atoms with Crippen molar-refractivity contribution in [3.05, 3.63) is 86.5 Å². The fourth-order valence-electron chi connectivity index (χ4n) is 4.23. The number of aromatic nitrogens is 3. The van der Waals surface area contributed by atoms with Crippen LogP contribution in [0.15, 0.2) is 59.5 Å². The molecule has 33 heavy (non-hydrogen) atoms. The van der Waals surface area contributed by atoms with Gasteiger partial charge in [0.25, 0.3) is 5.56 Å². The van der Waals surface area contributed by atoms with Crippen molar-refractivity contribution in [2.75, 3.05) is 31.1 Å². The summed E-state index contributed by atoms with van der Waals surface area (Å²) in [5.74, 6) is 0.663. The number of hydrogen-bond donors (Lipinski definition) is 1. The summed E-state index contributed by atoms with van der Waals surface area (Å²) in [6.45, 7) is 4.05. The van der Waals surface area contributed by atoms with Crippen LogP contribution in [0.3, 0.4) is 0 Å². The minimum atomic E-state index is -0.206. The van der Waals surface area contributed by atoms with Crippen molar-refractivity contribution >= 4 is 39.9 Å². The third-order valence-corrected chi connectivity index (χ3v) is 6.64. The molecule has 5 rings (SSSR count). The molecule has 0 unspecified atom stereocenters. The van der Waals surface area contributed by atoms with Crippen LogP contribution in [0, 0.1) is 0 Å². The van der Waals surface area contributed by atoms with Crippen LogP contribution in [0.4, 0.5) is 5.69 Å². The first kappa shape index (κ1) is 21.9. The molecule has 2 aromatic heterocycles. The number of fused-ring (bicyclic) bond motifs is 1. The zero-order chi connectivity index (χ0) is 22.9. The van der Waals surface area contributed by atoms with Crippen molar-refractivity contribution in [1.29, 1.82) is 0 Å². The molecule has 0 amide bonds. The number of aryl methyl sites for hydroxylation is 1. The van der Waals surface area contributed by atoms with Crippen molar-refractivity contribution in [3.8, 4) is 11.1 Å². The Morgan fingerprint density at radius 2 is 1.73 bits per heavy atom. The number of pyridine rings is 1. The van der Waals surface area contributed by atoms with Crippen LogP contribution in [0.2, 0.25) is 10.0 Å². The number of piperazine rings is 1. The van der Waals surface area contributed by atoms with Crippen molar-refractivity contribution in [1.82, 2.24) is 19.9 Å². The third kappa shape index (κ3) is 4.34. The Morgan fingerprint density at radius 1 is 1.03 bits per heavy atom. The predicted molar refractivity (Wildman–Crippen MR) is 135 cm³/mol. The lowest BCUT2D eigenvalue weighted by Crippen LogP contribution is -2.43.